The molecule has 4 heteroatoms. The minimum absolute atomic E-state index is 0.0330. The first-order valence-electron chi connectivity index (χ1n) is 21.0. The molecule has 0 aromatic rings. The molecule has 0 bridgehead atoms. The maximum atomic E-state index is 12.4. The Balaban J connectivity index is 3.46. The van der Waals surface area contributed by atoms with Crippen LogP contribution in [0.3, 0.4) is 0 Å². The molecule has 274 valence electrons. The SMILES string of the molecule is CCCCCCCCCCCCCCCCCCCCCC(=O)OC(CCC)CCCCCCCCCCCCCCCC(=O)O. The number of carboxylic acids is 1. The molecule has 1 N–H and O–H groups in total. The molecule has 0 aromatic carbocycles. The summed E-state index contributed by atoms with van der Waals surface area (Å²) in [7, 11) is 0. The lowest BCUT2D eigenvalue weighted by Gasteiger charge is -2.17. The van der Waals surface area contributed by atoms with Crippen molar-refractivity contribution in [3.05, 3.63) is 0 Å². The second-order valence-electron chi connectivity index (χ2n) is 14.5. The molecule has 0 fully saturated rings. The van der Waals surface area contributed by atoms with Gasteiger partial charge in [0.1, 0.15) is 6.10 Å². The number of ether oxygens (including phenoxy) is 1. The van der Waals surface area contributed by atoms with Crippen LogP contribution in [0.4, 0.5) is 0 Å². The van der Waals surface area contributed by atoms with Crippen LogP contribution in [0.5, 0.6) is 0 Å². The van der Waals surface area contributed by atoms with Crippen molar-refractivity contribution in [2.24, 2.45) is 0 Å². The van der Waals surface area contributed by atoms with E-state index in [1.165, 1.54) is 186 Å². The Kier molecular flexibility index (Phi) is 37.5. The smallest absolute Gasteiger partial charge is 0.306 e. The molecule has 0 spiro atoms. The molecule has 0 aliphatic rings. The first-order valence-corrected chi connectivity index (χ1v) is 21.0. The van der Waals surface area contributed by atoms with Gasteiger partial charge in [0.25, 0.3) is 0 Å². The zero-order chi connectivity index (χ0) is 33.6. The number of carbonyl (C=O) groups excluding carboxylic acids is 1. The van der Waals surface area contributed by atoms with E-state index in [1.54, 1.807) is 0 Å². The van der Waals surface area contributed by atoms with Gasteiger partial charge in [-0.1, -0.05) is 206 Å². The summed E-state index contributed by atoms with van der Waals surface area (Å²) in [6.07, 6.45) is 46.3. The summed E-state index contributed by atoms with van der Waals surface area (Å²) in [4.78, 5) is 23.0. The van der Waals surface area contributed by atoms with Gasteiger partial charge in [-0.25, -0.2) is 0 Å². The first-order chi connectivity index (χ1) is 22.6. The van der Waals surface area contributed by atoms with Gasteiger partial charge in [-0.3, -0.25) is 9.59 Å². The molecule has 1 atom stereocenters. The Morgan fingerprint density at radius 2 is 0.696 bits per heavy atom. The number of hydrogen-bond donors (Lipinski definition) is 1. The van der Waals surface area contributed by atoms with Crippen molar-refractivity contribution < 1.29 is 19.4 Å². The summed E-state index contributed by atoms with van der Waals surface area (Å²) < 4.78 is 5.89. The van der Waals surface area contributed by atoms with Crippen molar-refractivity contribution in [1.29, 1.82) is 0 Å². The molecular formula is C42H82O4. The van der Waals surface area contributed by atoms with Crippen molar-refractivity contribution in [2.45, 2.75) is 258 Å². The fraction of sp³-hybridized carbons (Fsp3) is 0.952. The Hall–Kier alpha value is -1.06. The average molecular weight is 651 g/mol. The number of rotatable bonds is 39. The molecule has 4 nitrogen and oxygen atoms in total. The first kappa shape index (κ1) is 44.9. The molecule has 0 saturated carbocycles. The third-order valence-corrected chi connectivity index (χ3v) is 9.81. The summed E-state index contributed by atoms with van der Waals surface area (Å²) in [6.45, 7) is 4.49. The van der Waals surface area contributed by atoms with Crippen LogP contribution in [-0.4, -0.2) is 23.1 Å². The zero-order valence-corrected chi connectivity index (χ0v) is 31.4. The number of aliphatic carboxylic acids is 1. The van der Waals surface area contributed by atoms with Crippen molar-refractivity contribution in [2.75, 3.05) is 0 Å². The molecule has 0 amide bonds. The van der Waals surface area contributed by atoms with Gasteiger partial charge in [0.05, 0.1) is 0 Å². The van der Waals surface area contributed by atoms with E-state index in [9.17, 15) is 9.59 Å². The highest BCUT2D eigenvalue weighted by molar-refractivity contribution is 5.69. The molecule has 0 aromatic heterocycles. The predicted molar refractivity (Wildman–Crippen MR) is 200 cm³/mol. The third-order valence-electron chi connectivity index (χ3n) is 9.81. The van der Waals surface area contributed by atoms with E-state index >= 15 is 0 Å². The fourth-order valence-corrected chi connectivity index (χ4v) is 6.77. The number of unbranched alkanes of at least 4 members (excludes halogenated alkanes) is 30. The van der Waals surface area contributed by atoms with Crippen molar-refractivity contribution in [3.63, 3.8) is 0 Å². The molecule has 0 radical (unpaired) electrons. The highest BCUT2D eigenvalue weighted by Crippen LogP contribution is 2.18. The lowest BCUT2D eigenvalue weighted by molar-refractivity contribution is -0.150. The minimum Gasteiger partial charge on any atom is -0.481 e. The summed E-state index contributed by atoms with van der Waals surface area (Å²) >= 11 is 0. The van der Waals surface area contributed by atoms with Gasteiger partial charge in [-0.15, -0.1) is 0 Å². The zero-order valence-electron chi connectivity index (χ0n) is 31.4. The Labute approximate surface area is 288 Å². The topological polar surface area (TPSA) is 63.6 Å². The van der Waals surface area contributed by atoms with E-state index in [2.05, 4.69) is 13.8 Å². The minimum atomic E-state index is -0.666. The predicted octanol–water partition coefficient (Wildman–Crippen LogP) is 14.5. The number of carboxylic acid groups (broad SMARTS) is 1. The van der Waals surface area contributed by atoms with E-state index in [4.69, 9.17) is 9.84 Å². The van der Waals surface area contributed by atoms with Gasteiger partial charge in [-0.05, 0) is 32.1 Å². The van der Waals surface area contributed by atoms with Crippen LogP contribution in [0, 0.1) is 0 Å². The Morgan fingerprint density at radius 1 is 0.391 bits per heavy atom. The number of esters is 1. The fourth-order valence-electron chi connectivity index (χ4n) is 6.77. The van der Waals surface area contributed by atoms with Crippen molar-refractivity contribution >= 4 is 11.9 Å². The largest absolute Gasteiger partial charge is 0.481 e. The maximum Gasteiger partial charge on any atom is 0.306 e. The average Bonchev–Trinajstić information content (AvgIpc) is 3.03. The molecular weight excluding hydrogens is 568 g/mol. The van der Waals surface area contributed by atoms with Crippen LogP contribution >= 0.6 is 0 Å². The van der Waals surface area contributed by atoms with Gasteiger partial charge < -0.3 is 9.84 Å². The van der Waals surface area contributed by atoms with E-state index in [0.717, 1.165) is 38.5 Å². The highest BCUT2D eigenvalue weighted by atomic mass is 16.5. The van der Waals surface area contributed by atoms with Crippen molar-refractivity contribution in [3.8, 4) is 0 Å². The molecule has 1 unspecified atom stereocenters. The summed E-state index contributed by atoms with van der Waals surface area (Å²) in [5, 5.41) is 8.67. The van der Waals surface area contributed by atoms with Crippen molar-refractivity contribution in [1.82, 2.24) is 0 Å². The molecule has 0 aliphatic heterocycles. The van der Waals surface area contributed by atoms with Crippen LogP contribution < -0.4 is 0 Å². The van der Waals surface area contributed by atoms with Gasteiger partial charge in [0, 0.05) is 12.8 Å². The van der Waals surface area contributed by atoms with Gasteiger partial charge in [0.2, 0.25) is 0 Å². The summed E-state index contributed by atoms with van der Waals surface area (Å²) in [5.41, 5.74) is 0. The van der Waals surface area contributed by atoms with Crippen LogP contribution in [0.2, 0.25) is 0 Å². The lowest BCUT2D eigenvalue weighted by atomic mass is 10.0. The van der Waals surface area contributed by atoms with Crippen LogP contribution in [0.1, 0.15) is 251 Å². The molecule has 46 heavy (non-hydrogen) atoms. The number of carbonyl (C=O) groups is 2. The van der Waals surface area contributed by atoms with E-state index in [0.29, 0.717) is 12.8 Å². The lowest BCUT2D eigenvalue weighted by Crippen LogP contribution is -2.18. The van der Waals surface area contributed by atoms with Crippen LogP contribution in [0.15, 0.2) is 0 Å². The molecule has 0 aliphatic carbocycles. The van der Waals surface area contributed by atoms with Crippen LogP contribution in [-0.2, 0) is 14.3 Å². The molecule has 0 saturated heterocycles. The second kappa shape index (κ2) is 38.4. The maximum absolute atomic E-state index is 12.4. The van der Waals surface area contributed by atoms with E-state index in [-0.39, 0.29) is 12.1 Å². The molecule has 0 rings (SSSR count). The van der Waals surface area contributed by atoms with Gasteiger partial charge >= 0.3 is 11.9 Å². The van der Waals surface area contributed by atoms with Gasteiger partial charge in [0.15, 0.2) is 0 Å². The Bertz CT molecular complexity index is 619. The van der Waals surface area contributed by atoms with Crippen LogP contribution in [0.25, 0.3) is 0 Å². The number of hydrogen-bond acceptors (Lipinski definition) is 3. The summed E-state index contributed by atoms with van der Waals surface area (Å²) in [5.74, 6) is -0.633. The standard InChI is InChI=1S/C42H82O4/c1-3-5-6-7-8-9-10-11-12-13-14-15-16-20-23-26-29-32-35-39-42(45)46-40(36-4-2)37-33-30-27-24-21-18-17-19-22-25-28-31-34-38-41(43)44/h40H,3-39H2,1-2H3,(H,43,44). The van der Waals surface area contributed by atoms with E-state index in [1.807, 2.05) is 0 Å². The Morgan fingerprint density at radius 3 is 1.02 bits per heavy atom. The highest BCUT2D eigenvalue weighted by Gasteiger charge is 2.13. The van der Waals surface area contributed by atoms with Gasteiger partial charge in [-0.2, -0.15) is 0 Å². The normalized spacial score (nSPS) is 12.0. The second-order valence-corrected chi connectivity index (χ2v) is 14.5. The monoisotopic (exact) mass is 651 g/mol. The summed E-state index contributed by atoms with van der Waals surface area (Å²) in [6, 6.07) is 0. The molecule has 0 heterocycles. The quantitative estimate of drug-likeness (QED) is 0.0531. The van der Waals surface area contributed by atoms with E-state index < -0.39 is 5.97 Å². The third kappa shape index (κ3) is 37.4.